The molecule has 0 aromatic carbocycles. The van der Waals surface area contributed by atoms with Crippen molar-refractivity contribution in [3.63, 3.8) is 0 Å². The minimum atomic E-state index is -0.154. The van der Waals surface area contributed by atoms with Gasteiger partial charge in [-0.3, -0.25) is 0 Å². The van der Waals surface area contributed by atoms with Crippen LogP contribution < -0.4 is 0 Å². The van der Waals surface area contributed by atoms with Gasteiger partial charge in [0, 0.05) is 0 Å². The van der Waals surface area contributed by atoms with Crippen LogP contribution in [-0.2, 0) is 0 Å². The van der Waals surface area contributed by atoms with Gasteiger partial charge in [-0.2, -0.15) is 0 Å². The maximum atomic E-state index is 2.49. The fourth-order valence-corrected chi connectivity index (χ4v) is 6.12. The Morgan fingerprint density at radius 3 is 2.33 bits per heavy atom. The van der Waals surface area contributed by atoms with Crippen LogP contribution in [0.15, 0.2) is 9.91 Å². The average Bonchev–Trinajstić information content (AvgIpc) is 2.08. The van der Waals surface area contributed by atoms with Gasteiger partial charge in [0.1, 0.15) is 0 Å². The van der Waals surface area contributed by atoms with Crippen LogP contribution in [0.3, 0.4) is 0 Å². The number of hydrogen-bond donors (Lipinski definition) is 0. The van der Waals surface area contributed by atoms with E-state index in [0.717, 1.165) is 5.92 Å². The van der Waals surface area contributed by atoms with Gasteiger partial charge in [-0.1, -0.05) is 0 Å². The SMILES string of the molecule is CC(C)(C)C1C=[CH][In][CH2]1. The third kappa shape index (κ3) is 2.03. The molecule has 0 saturated heterocycles. The van der Waals surface area contributed by atoms with Gasteiger partial charge < -0.3 is 0 Å². The van der Waals surface area contributed by atoms with Crippen molar-refractivity contribution in [3.05, 3.63) is 9.91 Å². The minimum absolute atomic E-state index is 0.154. The van der Waals surface area contributed by atoms with Gasteiger partial charge >= 0.3 is 69.1 Å². The Hall–Kier alpha value is 0.610. The molecule has 1 aliphatic heterocycles. The first-order valence-corrected chi connectivity index (χ1v) is 7.84. The Bertz CT molecular complexity index is 119. The first kappa shape index (κ1) is 7.71. The summed E-state index contributed by atoms with van der Waals surface area (Å²) >= 11 is -0.154. The molecular weight excluding hydrogens is 211 g/mol. The standard InChI is InChI=1S/C8H14.In/c1-6-7(2)8(3,4)5;/h1,6-7H,2H2,3-5H3;. The third-order valence-electron chi connectivity index (χ3n) is 1.98. The van der Waals surface area contributed by atoms with E-state index in [1.54, 1.807) is 4.18 Å². The normalized spacial score (nSPS) is 26.3. The van der Waals surface area contributed by atoms with Crippen LogP contribution >= 0.6 is 0 Å². The molecule has 1 unspecified atom stereocenters. The molecule has 1 heterocycles. The average molecular weight is 225 g/mol. The predicted molar refractivity (Wildman–Crippen MR) is 42.6 cm³/mol. The van der Waals surface area contributed by atoms with Crippen molar-refractivity contribution in [1.82, 2.24) is 0 Å². The molecule has 0 aliphatic carbocycles. The second-order valence-electron chi connectivity index (χ2n) is 3.83. The van der Waals surface area contributed by atoms with Crippen molar-refractivity contribution in [2.24, 2.45) is 11.3 Å². The van der Waals surface area contributed by atoms with Crippen LogP contribution in [0.1, 0.15) is 20.8 Å². The maximum absolute atomic E-state index is 2.49. The van der Waals surface area contributed by atoms with Gasteiger partial charge in [-0.25, -0.2) is 0 Å². The van der Waals surface area contributed by atoms with Gasteiger partial charge in [-0.05, 0) is 0 Å². The Kier molecular flexibility index (Phi) is 2.31. The van der Waals surface area contributed by atoms with E-state index in [2.05, 4.69) is 30.7 Å². The van der Waals surface area contributed by atoms with E-state index in [4.69, 9.17) is 0 Å². The quantitative estimate of drug-likeness (QED) is 0.593. The molecule has 1 aliphatic rings. The molecule has 9 heavy (non-hydrogen) atoms. The molecule has 1 rings (SSSR count). The molecule has 1 heteroatoms. The number of allylic oxidation sites excluding steroid dienone is 1. The van der Waals surface area contributed by atoms with Crippen molar-refractivity contribution in [2.45, 2.75) is 24.9 Å². The van der Waals surface area contributed by atoms with Gasteiger partial charge in [0.2, 0.25) is 0 Å². The van der Waals surface area contributed by atoms with E-state index >= 15 is 0 Å². The monoisotopic (exact) mass is 225 g/mol. The first-order valence-electron chi connectivity index (χ1n) is 3.61. The molecule has 49 valence electrons. The van der Waals surface area contributed by atoms with Crippen molar-refractivity contribution in [2.75, 3.05) is 0 Å². The van der Waals surface area contributed by atoms with E-state index in [0.29, 0.717) is 5.41 Å². The van der Waals surface area contributed by atoms with Gasteiger partial charge in [-0.15, -0.1) is 0 Å². The summed E-state index contributed by atoms with van der Waals surface area (Å²) < 4.78 is 4.05. The zero-order chi connectivity index (χ0) is 6.91. The van der Waals surface area contributed by atoms with E-state index in [1.807, 2.05) is 0 Å². The molecule has 0 amide bonds. The van der Waals surface area contributed by atoms with Gasteiger partial charge in [0.25, 0.3) is 0 Å². The van der Waals surface area contributed by atoms with Crippen LogP contribution in [0.5, 0.6) is 0 Å². The fourth-order valence-electron chi connectivity index (χ4n) is 1.16. The summed E-state index contributed by atoms with van der Waals surface area (Å²) in [6.45, 7) is 7.03. The molecule has 0 N–H and O–H groups in total. The summed E-state index contributed by atoms with van der Waals surface area (Å²) in [5.41, 5.74) is 0.541. The Labute approximate surface area is 69.1 Å². The summed E-state index contributed by atoms with van der Waals surface area (Å²) in [6.07, 6.45) is 2.45. The van der Waals surface area contributed by atoms with E-state index in [9.17, 15) is 0 Å². The van der Waals surface area contributed by atoms with Crippen LogP contribution in [0, 0.1) is 11.3 Å². The Balaban J connectivity index is 2.53. The van der Waals surface area contributed by atoms with Crippen molar-refractivity contribution < 1.29 is 0 Å². The Morgan fingerprint density at radius 1 is 1.44 bits per heavy atom. The van der Waals surface area contributed by atoms with Gasteiger partial charge in [0.05, 0.1) is 0 Å². The predicted octanol–water partition coefficient (Wildman–Crippen LogP) is 2.30. The van der Waals surface area contributed by atoms with E-state index in [-0.39, 0.29) is 22.9 Å². The van der Waals surface area contributed by atoms with Crippen LogP contribution in [0.4, 0.5) is 0 Å². The molecular formula is C8H14In. The molecule has 0 spiro atoms. The zero-order valence-corrected chi connectivity index (χ0v) is 9.81. The van der Waals surface area contributed by atoms with E-state index < -0.39 is 0 Å². The van der Waals surface area contributed by atoms with E-state index in [1.165, 1.54) is 0 Å². The summed E-state index contributed by atoms with van der Waals surface area (Å²) in [4.78, 5) is 0. The summed E-state index contributed by atoms with van der Waals surface area (Å²) in [7, 11) is 0. The first-order chi connectivity index (χ1) is 4.11. The molecule has 0 aromatic heterocycles. The van der Waals surface area contributed by atoms with Crippen molar-refractivity contribution in [1.29, 1.82) is 0 Å². The molecule has 1 radical (unpaired) electrons. The molecule has 1 atom stereocenters. The second kappa shape index (κ2) is 2.69. The second-order valence-corrected chi connectivity index (χ2v) is 7.62. The molecule has 0 aromatic rings. The molecule has 0 fully saturated rings. The molecule has 0 nitrogen and oxygen atoms in total. The van der Waals surface area contributed by atoms with Crippen molar-refractivity contribution >= 4 is 22.9 Å². The molecule has 0 saturated carbocycles. The topological polar surface area (TPSA) is 0 Å². The van der Waals surface area contributed by atoms with Crippen LogP contribution in [0.25, 0.3) is 0 Å². The van der Waals surface area contributed by atoms with Gasteiger partial charge in [0.15, 0.2) is 0 Å². The number of rotatable bonds is 0. The summed E-state index contributed by atoms with van der Waals surface area (Å²) in [5.74, 6) is 0.915. The summed E-state index contributed by atoms with van der Waals surface area (Å²) in [5, 5.41) is 0. The molecule has 0 bridgehead atoms. The van der Waals surface area contributed by atoms with Crippen LogP contribution in [0.2, 0.25) is 4.18 Å². The van der Waals surface area contributed by atoms with Crippen LogP contribution in [-0.4, -0.2) is 22.9 Å². The summed E-state index contributed by atoms with van der Waals surface area (Å²) in [6, 6.07) is 0. The Morgan fingerprint density at radius 2 is 2.11 bits per heavy atom. The third-order valence-corrected chi connectivity index (χ3v) is 5.62. The number of hydrogen-bond acceptors (Lipinski definition) is 0. The zero-order valence-electron chi connectivity index (χ0n) is 6.52. The van der Waals surface area contributed by atoms with Crippen molar-refractivity contribution in [3.8, 4) is 0 Å². The fraction of sp³-hybridized carbons (Fsp3) is 0.750.